The topological polar surface area (TPSA) is 23.8 Å². The van der Waals surface area contributed by atoms with Gasteiger partial charge in [0, 0.05) is 39.4 Å². The Morgan fingerprint density at radius 2 is 1.60 bits per heavy atom. The molecule has 0 aromatic heterocycles. The standard InChI is InChI=1S/CN.Ag.Fe.K/c1-2;;;. The van der Waals surface area contributed by atoms with Crippen LogP contribution in [0.15, 0.2) is 0 Å². The fourth-order valence-corrected chi connectivity index (χ4v) is 0. The van der Waals surface area contributed by atoms with Gasteiger partial charge in [0.25, 0.3) is 0 Å². The van der Waals surface area contributed by atoms with E-state index in [0.717, 1.165) is 0 Å². The zero-order chi connectivity index (χ0) is 2.71. The summed E-state index contributed by atoms with van der Waals surface area (Å²) >= 11 is 0.410. The van der Waals surface area contributed by atoms with Crippen LogP contribution in [0, 0.1) is 5.43 Å². The second-order valence-electron chi connectivity index (χ2n) is 0.224. The Hall–Kier alpha value is 2.39. The van der Waals surface area contributed by atoms with Crippen LogP contribution in [0.5, 0.6) is 0 Å². The van der Waals surface area contributed by atoms with Crippen molar-refractivity contribution in [1.82, 2.24) is 0 Å². The van der Waals surface area contributed by atoms with Crippen LogP contribution in [0.4, 0.5) is 0 Å². The first-order valence-corrected chi connectivity index (χ1v) is 2.29. The van der Waals surface area contributed by atoms with Gasteiger partial charge in [-0.3, -0.25) is 0 Å². The largest absolute Gasteiger partial charge is 0 e. The van der Waals surface area contributed by atoms with Crippen molar-refractivity contribution in [2.75, 3.05) is 0 Å². The minimum atomic E-state index is 0. The van der Waals surface area contributed by atoms with Crippen molar-refractivity contribution in [3.63, 3.8) is 0 Å². The number of rotatable bonds is 0. The molecule has 29 valence electrons. The molecule has 0 aromatic rings. The van der Waals surface area contributed by atoms with Gasteiger partial charge in [-0.2, -0.15) is 0 Å². The molecule has 0 aliphatic heterocycles. The van der Waals surface area contributed by atoms with Crippen LogP contribution >= 0.6 is 0 Å². The fraction of sp³-hybridized carbons (Fsp3) is 0. The van der Waals surface area contributed by atoms with Gasteiger partial charge in [0.1, 0.15) is 0 Å². The number of nitriles is 1. The minimum Gasteiger partial charge on any atom is 0 e. The molecule has 4 heteroatoms. The first-order chi connectivity index (χ1) is 1.41. The molecular formula is CAgFeKN. The summed E-state index contributed by atoms with van der Waals surface area (Å²) in [6.07, 6.45) is 0. The Morgan fingerprint density at radius 3 is 1.60 bits per heavy atom. The molecule has 0 saturated heterocycles. The Bertz CT molecular complexity index is 33.1. The summed E-state index contributed by atoms with van der Waals surface area (Å²) in [5.41, 5.74) is 0. The maximum absolute atomic E-state index is 7.40. The molecule has 0 N–H and O–H groups in total. The van der Waals surface area contributed by atoms with E-state index in [1.165, 1.54) is 0 Å². The van der Waals surface area contributed by atoms with Crippen molar-refractivity contribution >= 4 is 49.0 Å². The average Bonchev–Trinajstić information content (AvgIpc) is 0.918. The van der Waals surface area contributed by atoms with E-state index in [2.05, 4.69) is 0 Å². The van der Waals surface area contributed by atoms with Crippen LogP contribution in [0.1, 0.15) is 0 Å². The Balaban J connectivity index is -0.0000000200. The van der Waals surface area contributed by atoms with Gasteiger partial charge in [0.05, 0.1) is 0 Å². The molecule has 1 nitrogen and oxygen atoms in total. The molecule has 1 radical (unpaired) electrons. The van der Waals surface area contributed by atoms with Gasteiger partial charge in [-0.15, -0.1) is 0 Å². The van der Waals surface area contributed by atoms with E-state index in [-0.39, 0.29) is 39.4 Å². The Labute approximate surface area is 91.4 Å². The van der Waals surface area contributed by atoms with Gasteiger partial charge >= 0.3 is 54.4 Å². The van der Waals surface area contributed by atoms with Crippen molar-refractivity contribution in [3.05, 3.63) is 0 Å². The van der Waals surface area contributed by atoms with Crippen LogP contribution in [0.2, 0.25) is 0 Å². The molecule has 0 aromatic carbocycles. The normalized spacial score (nSPS) is 1.80. The van der Waals surface area contributed by atoms with E-state index in [4.69, 9.17) is 5.26 Å². The van der Waals surface area contributed by atoms with Gasteiger partial charge in [0.2, 0.25) is 0 Å². The maximum Gasteiger partial charge on any atom is 0 e. The predicted octanol–water partition coefficient (Wildman–Crippen LogP) is -0.369. The molecule has 0 rings (SSSR count). The summed E-state index contributed by atoms with van der Waals surface area (Å²) in [4.78, 5) is 0. The molecular weight excluding hydrogens is 229 g/mol. The molecule has 0 aliphatic rings. The zero-order valence-electron chi connectivity index (χ0n) is 2.60. The molecule has 0 fully saturated rings. The molecule has 0 heterocycles. The first-order valence-electron chi connectivity index (χ1n) is 0.724. The van der Waals surface area contributed by atoms with Crippen molar-refractivity contribution in [2.24, 2.45) is 0 Å². The molecule has 0 unspecified atom stereocenters. The van der Waals surface area contributed by atoms with Crippen LogP contribution in [0.3, 0.4) is 0 Å². The van der Waals surface area contributed by atoms with E-state index in [1.807, 2.05) is 0.164 Å². The van der Waals surface area contributed by atoms with E-state index in [0.29, 0.717) is 49.0 Å². The third-order valence-electron chi connectivity index (χ3n) is 0. The summed E-state index contributed by atoms with van der Waals surface area (Å²) in [6.45, 7) is 0. The van der Waals surface area contributed by atoms with Crippen molar-refractivity contribution < 1.29 is 39.4 Å². The Morgan fingerprint density at radius 1 is 1.60 bits per heavy atom. The molecule has 0 bridgehead atoms. The molecule has 0 atom stereocenters. The van der Waals surface area contributed by atoms with Crippen LogP contribution in [0.25, 0.3) is 0 Å². The summed E-state index contributed by atoms with van der Waals surface area (Å²) in [5.74, 6) is 0. The van der Waals surface area contributed by atoms with E-state index >= 15 is 0 Å². The zero-order valence-corrected chi connectivity index (χ0v) is 8.31. The van der Waals surface area contributed by atoms with Gasteiger partial charge in [-0.25, -0.2) is 0 Å². The fourth-order valence-electron chi connectivity index (χ4n) is 0. The van der Waals surface area contributed by atoms with E-state index in [1.54, 1.807) is 0 Å². The average molecular weight is 229 g/mol. The summed E-state index contributed by atoms with van der Waals surface area (Å²) < 4.78 is 1.94. The van der Waals surface area contributed by atoms with Crippen LogP contribution < -0.4 is 0 Å². The molecule has 0 amide bonds. The third-order valence-corrected chi connectivity index (χ3v) is 0. The Kier molecular flexibility index (Phi) is 50.6. The summed E-state index contributed by atoms with van der Waals surface area (Å²) in [5, 5.41) is 7.40. The molecule has 0 spiro atoms. The molecule has 0 saturated carbocycles. The number of hydrogen-bond donors (Lipinski definition) is 0. The van der Waals surface area contributed by atoms with Gasteiger partial charge in [-0.05, 0) is 0 Å². The number of hydrogen-bond acceptors (Lipinski definition) is 1. The van der Waals surface area contributed by atoms with Gasteiger partial charge in [-0.1, -0.05) is 0 Å². The van der Waals surface area contributed by atoms with Crippen LogP contribution in [-0.2, 0) is 39.4 Å². The quantitative estimate of drug-likeness (QED) is 0.520. The van der Waals surface area contributed by atoms with Gasteiger partial charge in [0.15, 0.2) is 0 Å². The monoisotopic (exact) mass is 228 g/mol. The van der Waals surface area contributed by atoms with Crippen molar-refractivity contribution in [3.8, 4) is 0.164 Å². The second kappa shape index (κ2) is 16.2. The summed E-state index contributed by atoms with van der Waals surface area (Å²) in [6, 6.07) is 0. The smallest absolute Gasteiger partial charge is 0 e. The maximum atomic E-state index is 7.40. The summed E-state index contributed by atoms with van der Waals surface area (Å²) in [7, 11) is 0. The second-order valence-corrected chi connectivity index (χ2v) is 0.922. The van der Waals surface area contributed by atoms with Crippen LogP contribution in [-0.4, -0.2) is 49.0 Å². The first kappa shape index (κ1) is 15.7. The molecule has 0 aliphatic carbocycles. The third kappa shape index (κ3) is 21.6. The minimum absolute atomic E-state index is 0. The van der Waals surface area contributed by atoms with E-state index in [9.17, 15) is 0 Å². The predicted molar refractivity (Wildman–Crippen MR) is 11.4 cm³/mol. The number of nitrogens with zero attached hydrogens (tertiary/aromatic N) is 1. The SMILES string of the molecule is N#[C][K].[Ag].[Fe]. The molecule has 5 heavy (non-hydrogen) atoms. The van der Waals surface area contributed by atoms with E-state index < -0.39 is 0 Å². The van der Waals surface area contributed by atoms with Crippen molar-refractivity contribution in [2.45, 2.75) is 0 Å². The van der Waals surface area contributed by atoms with Gasteiger partial charge < -0.3 is 0 Å². The van der Waals surface area contributed by atoms with Crippen molar-refractivity contribution in [1.29, 1.82) is 5.26 Å².